The normalized spacial score (nSPS) is 22.4. The molecule has 1 aliphatic heterocycles. The Balaban J connectivity index is 2.25. The lowest BCUT2D eigenvalue weighted by molar-refractivity contribution is -0.135. The summed E-state index contributed by atoms with van der Waals surface area (Å²) >= 11 is 0. The molecule has 1 aromatic carbocycles. The second-order valence-electron chi connectivity index (χ2n) is 3.78. The molecular formula is C12H12N2O2. The Bertz CT molecular complexity index is 480. The zero-order valence-corrected chi connectivity index (χ0v) is 9.18. The molecule has 0 bridgehead atoms. The van der Waals surface area contributed by atoms with E-state index in [-0.39, 0.29) is 5.97 Å². The van der Waals surface area contributed by atoms with Crippen molar-refractivity contribution in [3.05, 3.63) is 42.2 Å². The second kappa shape index (κ2) is 3.89. The van der Waals surface area contributed by atoms with Gasteiger partial charge in [-0.2, -0.15) is 10.2 Å². The van der Waals surface area contributed by atoms with Crippen molar-refractivity contribution >= 4 is 11.7 Å². The van der Waals surface area contributed by atoms with Gasteiger partial charge in [0.15, 0.2) is 0 Å². The number of carbonyl (C=O) groups is 1. The topological polar surface area (TPSA) is 51.0 Å². The first-order valence-electron chi connectivity index (χ1n) is 4.99. The van der Waals surface area contributed by atoms with Crippen LogP contribution in [0, 0.1) is 0 Å². The average Bonchev–Trinajstić information content (AvgIpc) is 2.57. The van der Waals surface area contributed by atoms with Gasteiger partial charge in [0.25, 0.3) is 0 Å². The molecule has 1 atom stereocenters. The van der Waals surface area contributed by atoms with E-state index in [2.05, 4.69) is 10.2 Å². The number of esters is 1. The molecule has 0 aromatic heterocycles. The summed E-state index contributed by atoms with van der Waals surface area (Å²) in [5.74, 6) is -0.344. The van der Waals surface area contributed by atoms with Crippen LogP contribution in [0.25, 0.3) is 0 Å². The SMILES string of the molecule is CC(=O)O/C=C/[C@@]1(C)N=Nc2ccccc21. The molecule has 0 saturated carbocycles. The average molecular weight is 216 g/mol. The Hall–Kier alpha value is -1.97. The van der Waals surface area contributed by atoms with Crippen LogP contribution in [0.4, 0.5) is 5.69 Å². The summed E-state index contributed by atoms with van der Waals surface area (Å²) < 4.78 is 4.76. The highest BCUT2D eigenvalue weighted by Crippen LogP contribution is 2.40. The van der Waals surface area contributed by atoms with Crippen LogP contribution in [-0.2, 0) is 15.1 Å². The number of ether oxygens (including phenoxy) is 1. The van der Waals surface area contributed by atoms with Crippen LogP contribution in [0.15, 0.2) is 46.8 Å². The van der Waals surface area contributed by atoms with Crippen molar-refractivity contribution in [2.24, 2.45) is 10.2 Å². The van der Waals surface area contributed by atoms with Crippen LogP contribution in [0.2, 0.25) is 0 Å². The Morgan fingerprint density at radius 1 is 1.44 bits per heavy atom. The van der Waals surface area contributed by atoms with Crippen LogP contribution in [0.1, 0.15) is 19.4 Å². The van der Waals surface area contributed by atoms with E-state index in [1.54, 1.807) is 6.08 Å². The molecule has 0 unspecified atom stereocenters. The van der Waals surface area contributed by atoms with E-state index in [9.17, 15) is 4.79 Å². The standard InChI is InChI=1S/C12H12N2O2/c1-9(15)16-8-7-12(2)10-5-3-4-6-11(10)13-14-12/h3-8H,1-2H3/b8-7+/t12-/m1/s1. The van der Waals surface area contributed by atoms with Gasteiger partial charge in [0.05, 0.1) is 11.9 Å². The Morgan fingerprint density at radius 2 is 2.19 bits per heavy atom. The minimum atomic E-state index is -0.536. The van der Waals surface area contributed by atoms with Gasteiger partial charge in [0.2, 0.25) is 0 Å². The third kappa shape index (κ3) is 1.86. The summed E-state index contributed by atoms with van der Waals surface area (Å²) in [5, 5.41) is 8.26. The number of hydrogen-bond donors (Lipinski definition) is 0. The van der Waals surface area contributed by atoms with E-state index in [4.69, 9.17) is 4.74 Å². The second-order valence-corrected chi connectivity index (χ2v) is 3.78. The van der Waals surface area contributed by atoms with Crippen LogP contribution in [0.5, 0.6) is 0 Å². The van der Waals surface area contributed by atoms with E-state index < -0.39 is 5.54 Å². The number of fused-ring (bicyclic) bond motifs is 1. The van der Waals surface area contributed by atoms with Crippen molar-refractivity contribution in [3.63, 3.8) is 0 Å². The van der Waals surface area contributed by atoms with Crippen molar-refractivity contribution in [3.8, 4) is 0 Å². The Labute approximate surface area is 93.6 Å². The fraction of sp³-hybridized carbons (Fsp3) is 0.250. The van der Waals surface area contributed by atoms with E-state index in [0.29, 0.717) is 0 Å². The quantitative estimate of drug-likeness (QED) is 0.563. The van der Waals surface area contributed by atoms with E-state index in [1.807, 2.05) is 31.2 Å². The maximum Gasteiger partial charge on any atom is 0.307 e. The summed E-state index contributed by atoms with van der Waals surface area (Å²) in [6.07, 6.45) is 3.09. The zero-order valence-electron chi connectivity index (χ0n) is 9.18. The summed E-state index contributed by atoms with van der Waals surface area (Å²) in [4.78, 5) is 10.6. The molecule has 16 heavy (non-hydrogen) atoms. The molecule has 0 fully saturated rings. The van der Waals surface area contributed by atoms with Gasteiger partial charge in [-0.1, -0.05) is 18.2 Å². The molecule has 0 amide bonds. The van der Waals surface area contributed by atoms with Gasteiger partial charge in [0.1, 0.15) is 5.54 Å². The lowest BCUT2D eigenvalue weighted by atomic mass is 9.93. The van der Waals surface area contributed by atoms with Gasteiger partial charge in [-0.3, -0.25) is 4.79 Å². The lowest BCUT2D eigenvalue weighted by Gasteiger charge is -2.14. The van der Waals surface area contributed by atoms with Crippen LogP contribution >= 0.6 is 0 Å². The molecule has 0 radical (unpaired) electrons. The predicted molar refractivity (Wildman–Crippen MR) is 59.2 cm³/mol. The van der Waals surface area contributed by atoms with Gasteiger partial charge in [-0.25, -0.2) is 0 Å². The summed E-state index contributed by atoms with van der Waals surface area (Å²) in [6.45, 7) is 3.28. The number of hydrogen-bond acceptors (Lipinski definition) is 4. The number of benzene rings is 1. The Kier molecular flexibility index (Phi) is 2.56. The maximum atomic E-state index is 10.6. The fourth-order valence-electron chi connectivity index (χ4n) is 1.59. The van der Waals surface area contributed by atoms with Gasteiger partial charge in [-0.15, -0.1) is 0 Å². The minimum Gasteiger partial charge on any atom is -0.435 e. The van der Waals surface area contributed by atoms with Crippen molar-refractivity contribution in [2.75, 3.05) is 0 Å². The monoisotopic (exact) mass is 216 g/mol. The molecule has 0 aliphatic carbocycles. The maximum absolute atomic E-state index is 10.6. The van der Waals surface area contributed by atoms with Crippen molar-refractivity contribution in [1.82, 2.24) is 0 Å². The fourth-order valence-corrected chi connectivity index (χ4v) is 1.59. The summed E-state index contributed by atoms with van der Waals surface area (Å²) in [7, 11) is 0. The molecule has 1 aromatic rings. The predicted octanol–water partition coefficient (Wildman–Crippen LogP) is 3.08. The number of nitrogens with zero attached hydrogens (tertiary/aromatic N) is 2. The largest absolute Gasteiger partial charge is 0.435 e. The van der Waals surface area contributed by atoms with Crippen LogP contribution < -0.4 is 0 Å². The molecular weight excluding hydrogens is 204 g/mol. The van der Waals surface area contributed by atoms with Crippen molar-refractivity contribution < 1.29 is 9.53 Å². The zero-order chi connectivity index (χ0) is 11.6. The minimum absolute atomic E-state index is 0.344. The molecule has 0 saturated heterocycles. The first-order valence-corrected chi connectivity index (χ1v) is 4.99. The molecule has 4 heteroatoms. The molecule has 82 valence electrons. The van der Waals surface area contributed by atoms with Gasteiger partial charge in [-0.05, 0) is 19.1 Å². The first kappa shape index (κ1) is 10.5. The third-order valence-corrected chi connectivity index (χ3v) is 2.44. The van der Waals surface area contributed by atoms with Crippen LogP contribution in [-0.4, -0.2) is 5.97 Å². The molecule has 4 nitrogen and oxygen atoms in total. The van der Waals surface area contributed by atoms with E-state index >= 15 is 0 Å². The smallest absolute Gasteiger partial charge is 0.307 e. The van der Waals surface area contributed by atoms with Crippen LogP contribution in [0.3, 0.4) is 0 Å². The van der Waals surface area contributed by atoms with Gasteiger partial charge >= 0.3 is 5.97 Å². The van der Waals surface area contributed by atoms with Crippen molar-refractivity contribution in [2.45, 2.75) is 19.4 Å². The molecule has 0 N–H and O–H groups in total. The highest BCUT2D eigenvalue weighted by atomic mass is 16.5. The van der Waals surface area contributed by atoms with Gasteiger partial charge in [0, 0.05) is 12.5 Å². The highest BCUT2D eigenvalue weighted by Gasteiger charge is 2.30. The molecule has 1 aliphatic rings. The molecule has 1 heterocycles. The van der Waals surface area contributed by atoms with E-state index in [0.717, 1.165) is 11.3 Å². The highest BCUT2D eigenvalue weighted by molar-refractivity contribution is 5.66. The summed E-state index contributed by atoms with van der Waals surface area (Å²) in [6, 6.07) is 7.73. The van der Waals surface area contributed by atoms with Crippen molar-refractivity contribution in [1.29, 1.82) is 0 Å². The lowest BCUT2D eigenvalue weighted by Crippen LogP contribution is -2.12. The molecule has 2 rings (SSSR count). The third-order valence-electron chi connectivity index (χ3n) is 2.44. The number of carbonyl (C=O) groups excluding carboxylic acids is 1. The summed E-state index contributed by atoms with van der Waals surface area (Å²) in [5.41, 5.74) is 1.34. The van der Waals surface area contributed by atoms with Gasteiger partial charge < -0.3 is 4.74 Å². The number of rotatable bonds is 2. The first-order chi connectivity index (χ1) is 7.62. The number of azo groups is 1. The molecule has 0 spiro atoms. The Morgan fingerprint density at radius 3 is 2.94 bits per heavy atom. The van der Waals surface area contributed by atoms with E-state index in [1.165, 1.54) is 13.2 Å².